The van der Waals surface area contributed by atoms with E-state index >= 15 is 0 Å². The number of H-pyrrole nitrogens is 1. The van der Waals surface area contributed by atoms with Crippen LogP contribution in [0, 0.1) is 0 Å². The number of nitrogens with one attached hydrogen (secondary N) is 1. The van der Waals surface area contributed by atoms with E-state index in [1.165, 1.54) is 0 Å². The Kier molecular flexibility index (Phi) is 6.15. The van der Waals surface area contributed by atoms with Crippen molar-refractivity contribution in [3.05, 3.63) is 68.7 Å². The third-order valence-electron chi connectivity index (χ3n) is 4.43. The molecule has 0 bridgehead atoms. The molecule has 1 amide bonds. The van der Waals surface area contributed by atoms with E-state index in [2.05, 4.69) is 9.97 Å². The lowest BCUT2D eigenvalue weighted by atomic mass is 10.1. The van der Waals surface area contributed by atoms with E-state index in [4.69, 9.17) is 27.9 Å². The van der Waals surface area contributed by atoms with Gasteiger partial charge in [-0.2, -0.15) is 0 Å². The number of aromatic nitrogens is 2. The highest BCUT2D eigenvalue weighted by Gasteiger charge is 2.34. The Morgan fingerprint density at radius 2 is 1.79 bits per heavy atom. The molecule has 3 aromatic rings. The van der Waals surface area contributed by atoms with Crippen LogP contribution in [0.5, 0.6) is 5.75 Å². The molecule has 29 heavy (non-hydrogen) atoms. The number of ether oxygens (including phenoxy) is 1. The van der Waals surface area contributed by atoms with Crippen LogP contribution in [0.25, 0.3) is 10.9 Å². The highest BCUT2D eigenvalue weighted by Crippen LogP contribution is 2.23. The Morgan fingerprint density at radius 1 is 1.14 bits per heavy atom. The van der Waals surface area contributed by atoms with Crippen molar-refractivity contribution in [1.29, 1.82) is 0 Å². The van der Waals surface area contributed by atoms with Crippen molar-refractivity contribution < 1.29 is 9.53 Å². The smallest absolute Gasteiger partial charge is 0.266 e. The molecule has 0 spiro atoms. The van der Waals surface area contributed by atoms with Gasteiger partial charge >= 0.3 is 0 Å². The van der Waals surface area contributed by atoms with Crippen LogP contribution in [0.2, 0.25) is 10.0 Å². The van der Waals surface area contributed by atoms with Crippen LogP contribution in [-0.2, 0) is 11.3 Å². The second-order valence-corrected chi connectivity index (χ2v) is 7.93. The molecule has 1 aromatic heterocycles. The fraction of sp³-hybridized carbons (Fsp3) is 0.286. The van der Waals surface area contributed by atoms with E-state index in [9.17, 15) is 9.59 Å². The van der Waals surface area contributed by atoms with E-state index in [1.807, 2.05) is 6.92 Å². The average Bonchev–Trinajstić information content (AvgIpc) is 2.67. The number of carbonyl (C=O) groups is 1. The van der Waals surface area contributed by atoms with Gasteiger partial charge < -0.3 is 14.6 Å². The van der Waals surface area contributed by atoms with Crippen LogP contribution < -0.4 is 10.3 Å². The zero-order valence-electron chi connectivity index (χ0n) is 16.3. The number of fused-ring (bicyclic) bond motifs is 1. The molecule has 1 N–H and O–H groups in total. The fourth-order valence-corrected chi connectivity index (χ4v) is 3.26. The van der Waals surface area contributed by atoms with Crippen molar-refractivity contribution >= 4 is 40.0 Å². The molecule has 0 fully saturated rings. The molecule has 152 valence electrons. The number of aromatic amines is 1. The van der Waals surface area contributed by atoms with Crippen LogP contribution >= 0.6 is 23.2 Å². The first-order chi connectivity index (χ1) is 13.7. The average molecular weight is 434 g/mol. The van der Waals surface area contributed by atoms with Gasteiger partial charge in [-0.15, -0.1) is 0 Å². The van der Waals surface area contributed by atoms with Crippen molar-refractivity contribution in [1.82, 2.24) is 14.9 Å². The van der Waals surface area contributed by atoms with Gasteiger partial charge in [0.05, 0.1) is 17.4 Å². The van der Waals surface area contributed by atoms with Gasteiger partial charge in [0.2, 0.25) is 0 Å². The summed E-state index contributed by atoms with van der Waals surface area (Å²) in [4.78, 5) is 34.2. The van der Waals surface area contributed by atoms with Crippen LogP contribution in [0.15, 0.2) is 47.3 Å². The second-order valence-electron chi connectivity index (χ2n) is 7.06. The second kappa shape index (κ2) is 8.43. The molecular formula is C21H21Cl2N3O3. The van der Waals surface area contributed by atoms with Crippen LogP contribution in [0.1, 0.15) is 26.6 Å². The van der Waals surface area contributed by atoms with E-state index in [0.717, 1.165) is 0 Å². The normalized spacial score (nSPS) is 11.5. The summed E-state index contributed by atoms with van der Waals surface area (Å²) in [6, 6.07) is 11.7. The molecule has 0 saturated heterocycles. The summed E-state index contributed by atoms with van der Waals surface area (Å²) in [5.41, 5.74) is -0.914. The van der Waals surface area contributed by atoms with Crippen molar-refractivity contribution in [3.63, 3.8) is 0 Å². The molecule has 6 nitrogen and oxygen atoms in total. The van der Waals surface area contributed by atoms with Crippen molar-refractivity contribution in [2.45, 2.75) is 32.9 Å². The lowest BCUT2D eigenvalue weighted by Crippen LogP contribution is -2.48. The Balaban J connectivity index is 1.83. The van der Waals surface area contributed by atoms with Gasteiger partial charge in [0.25, 0.3) is 11.5 Å². The number of rotatable bonds is 6. The third kappa shape index (κ3) is 4.89. The Bertz CT molecular complexity index is 1090. The minimum Gasteiger partial charge on any atom is -0.478 e. The van der Waals surface area contributed by atoms with Crippen LogP contribution in [0.4, 0.5) is 0 Å². The summed E-state index contributed by atoms with van der Waals surface area (Å²) in [6.07, 6.45) is 0. The maximum atomic E-state index is 13.1. The number of hydrogen-bond acceptors (Lipinski definition) is 4. The van der Waals surface area contributed by atoms with E-state index < -0.39 is 5.60 Å². The maximum absolute atomic E-state index is 13.1. The monoisotopic (exact) mass is 433 g/mol. The van der Waals surface area contributed by atoms with Gasteiger partial charge in [-0.25, -0.2) is 4.98 Å². The number of amides is 1. The number of likely N-dealkylation sites (N-methyl/N-ethyl adjacent to an activating group) is 1. The zero-order valence-corrected chi connectivity index (χ0v) is 17.8. The van der Waals surface area contributed by atoms with Crippen molar-refractivity contribution in [2.24, 2.45) is 0 Å². The quantitative estimate of drug-likeness (QED) is 0.623. The number of carbonyl (C=O) groups excluding carboxylic acids is 1. The minimum atomic E-state index is -1.12. The Hall–Kier alpha value is -2.57. The van der Waals surface area contributed by atoms with E-state index in [0.29, 0.717) is 39.1 Å². The van der Waals surface area contributed by atoms with Gasteiger partial charge in [-0.1, -0.05) is 23.2 Å². The number of benzene rings is 2. The van der Waals surface area contributed by atoms with Gasteiger partial charge in [-0.3, -0.25) is 9.59 Å². The lowest BCUT2D eigenvalue weighted by Gasteiger charge is -2.31. The molecule has 0 aliphatic heterocycles. The predicted octanol–water partition coefficient (Wildman–Crippen LogP) is 4.44. The minimum absolute atomic E-state index is 0.139. The highest BCUT2D eigenvalue weighted by atomic mass is 35.5. The summed E-state index contributed by atoms with van der Waals surface area (Å²) in [7, 11) is 0. The van der Waals surface area contributed by atoms with Gasteiger partial charge in [-0.05, 0) is 63.2 Å². The first kappa shape index (κ1) is 21.1. The van der Waals surface area contributed by atoms with Gasteiger partial charge in [0, 0.05) is 16.6 Å². The Labute approximate surface area is 178 Å². The molecule has 2 aromatic carbocycles. The predicted molar refractivity (Wildman–Crippen MR) is 115 cm³/mol. The summed E-state index contributed by atoms with van der Waals surface area (Å²) in [5.74, 6) is 0.682. The third-order valence-corrected chi connectivity index (χ3v) is 4.92. The molecule has 1 heterocycles. The molecule has 0 atom stereocenters. The zero-order chi connectivity index (χ0) is 21.2. The summed E-state index contributed by atoms with van der Waals surface area (Å²) >= 11 is 11.9. The fourth-order valence-electron chi connectivity index (χ4n) is 2.97. The molecule has 0 unspecified atom stereocenters. The van der Waals surface area contributed by atoms with Gasteiger partial charge in [0.1, 0.15) is 11.6 Å². The number of hydrogen-bond donors (Lipinski definition) is 1. The topological polar surface area (TPSA) is 75.3 Å². The molecule has 0 aliphatic rings. The standard InChI is InChI=1S/C21H21Cl2N3O3/c1-4-26(20(28)21(2,3)29-15-8-5-13(22)6-9-15)12-18-24-17-11-14(23)7-10-16(17)19(27)25-18/h5-11H,4,12H2,1-3H3,(H,24,25,27). The number of nitrogens with zero attached hydrogens (tertiary/aromatic N) is 2. The number of halogens is 2. The maximum Gasteiger partial charge on any atom is 0.266 e. The molecule has 0 saturated carbocycles. The van der Waals surface area contributed by atoms with Crippen molar-refractivity contribution in [3.8, 4) is 5.75 Å². The van der Waals surface area contributed by atoms with Crippen molar-refractivity contribution in [2.75, 3.05) is 6.54 Å². The van der Waals surface area contributed by atoms with E-state index in [1.54, 1.807) is 61.2 Å². The molecular weight excluding hydrogens is 413 g/mol. The molecule has 8 heteroatoms. The lowest BCUT2D eigenvalue weighted by molar-refractivity contribution is -0.146. The van der Waals surface area contributed by atoms with E-state index in [-0.39, 0.29) is 18.0 Å². The Morgan fingerprint density at radius 3 is 2.45 bits per heavy atom. The summed E-state index contributed by atoms with van der Waals surface area (Å²) in [6.45, 7) is 5.81. The van der Waals surface area contributed by atoms with Crippen LogP contribution in [-0.4, -0.2) is 32.9 Å². The first-order valence-electron chi connectivity index (χ1n) is 9.12. The summed E-state index contributed by atoms with van der Waals surface area (Å²) in [5, 5.41) is 1.52. The highest BCUT2D eigenvalue weighted by molar-refractivity contribution is 6.31. The van der Waals surface area contributed by atoms with Gasteiger partial charge in [0.15, 0.2) is 5.60 Å². The SMILES string of the molecule is CCN(Cc1nc2cc(Cl)ccc2c(=O)[nH]1)C(=O)C(C)(C)Oc1ccc(Cl)cc1. The molecule has 0 radical (unpaired) electrons. The molecule has 3 rings (SSSR count). The van der Waals surface area contributed by atoms with Crippen LogP contribution in [0.3, 0.4) is 0 Å². The summed E-state index contributed by atoms with van der Waals surface area (Å²) < 4.78 is 5.89. The largest absolute Gasteiger partial charge is 0.478 e. The molecule has 0 aliphatic carbocycles. The first-order valence-corrected chi connectivity index (χ1v) is 9.87.